The van der Waals surface area contributed by atoms with Gasteiger partial charge in [-0.1, -0.05) is 22.0 Å². The zero-order valence-corrected chi connectivity index (χ0v) is 19.2. The van der Waals surface area contributed by atoms with Crippen LogP contribution in [0.15, 0.2) is 57.1 Å². The Morgan fingerprint density at radius 2 is 1.97 bits per heavy atom. The Labute approximate surface area is 192 Å². The summed E-state index contributed by atoms with van der Waals surface area (Å²) in [6.45, 7) is 3.83. The standard InChI is InChI=1S/C23H20BrN3O5/c1-13-9-15(14(2)27(13)17-6-4-5-16(24)11-17)10-19-21(28)26(23(30)25-19)12-18-7-8-20(32-18)22(29)31-3/h4-11H,12H2,1-3H3,(H,25,30)/b19-10-. The average molecular weight is 498 g/mol. The van der Waals surface area contributed by atoms with Gasteiger partial charge in [-0.25, -0.2) is 9.59 Å². The quantitative estimate of drug-likeness (QED) is 0.321. The molecule has 1 aliphatic rings. The number of nitrogens with zero attached hydrogens (tertiary/aromatic N) is 2. The summed E-state index contributed by atoms with van der Waals surface area (Å²) < 4.78 is 13.0. The molecule has 3 aromatic rings. The van der Waals surface area contributed by atoms with Crippen molar-refractivity contribution in [1.29, 1.82) is 0 Å². The Morgan fingerprint density at radius 3 is 2.69 bits per heavy atom. The van der Waals surface area contributed by atoms with Crippen molar-refractivity contribution in [3.63, 3.8) is 0 Å². The number of amides is 3. The Morgan fingerprint density at radius 1 is 1.19 bits per heavy atom. The van der Waals surface area contributed by atoms with Crippen LogP contribution in [0.2, 0.25) is 0 Å². The molecule has 32 heavy (non-hydrogen) atoms. The lowest BCUT2D eigenvalue weighted by Gasteiger charge is -2.10. The van der Waals surface area contributed by atoms with Crippen LogP contribution in [-0.2, 0) is 16.1 Å². The van der Waals surface area contributed by atoms with Gasteiger partial charge in [-0.2, -0.15) is 0 Å². The minimum atomic E-state index is -0.630. The molecule has 1 fully saturated rings. The molecule has 3 amide bonds. The molecule has 4 rings (SSSR count). The highest BCUT2D eigenvalue weighted by molar-refractivity contribution is 9.10. The molecule has 1 aromatic carbocycles. The van der Waals surface area contributed by atoms with E-state index in [1.54, 1.807) is 6.08 Å². The van der Waals surface area contributed by atoms with Crippen molar-refractivity contribution in [2.24, 2.45) is 0 Å². The van der Waals surface area contributed by atoms with E-state index in [1.165, 1.54) is 19.2 Å². The van der Waals surface area contributed by atoms with Gasteiger partial charge in [0.2, 0.25) is 5.76 Å². The van der Waals surface area contributed by atoms with Gasteiger partial charge in [0.25, 0.3) is 5.91 Å². The van der Waals surface area contributed by atoms with E-state index >= 15 is 0 Å². The molecule has 1 aliphatic heterocycles. The molecule has 0 unspecified atom stereocenters. The van der Waals surface area contributed by atoms with Gasteiger partial charge >= 0.3 is 12.0 Å². The number of hydrogen-bond donors (Lipinski definition) is 1. The number of methoxy groups -OCH3 is 1. The highest BCUT2D eigenvalue weighted by Crippen LogP contribution is 2.26. The predicted molar refractivity (Wildman–Crippen MR) is 120 cm³/mol. The monoisotopic (exact) mass is 497 g/mol. The molecule has 1 N–H and O–H groups in total. The van der Waals surface area contributed by atoms with Crippen LogP contribution < -0.4 is 5.32 Å². The highest BCUT2D eigenvalue weighted by atomic mass is 79.9. The molecule has 0 atom stereocenters. The molecule has 0 aliphatic carbocycles. The second-order valence-electron chi connectivity index (χ2n) is 7.28. The van der Waals surface area contributed by atoms with Gasteiger partial charge in [-0.05, 0) is 61.9 Å². The van der Waals surface area contributed by atoms with Crippen LogP contribution in [0, 0.1) is 13.8 Å². The molecule has 0 saturated carbocycles. The first-order chi connectivity index (χ1) is 15.3. The number of urea groups is 1. The number of halogens is 1. The summed E-state index contributed by atoms with van der Waals surface area (Å²) in [5.41, 5.74) is 3.90. The van der Waals surface area contributed by atoms with E-state index in [1.807, 2.05) is 44.2 Å². The zero-order chi connectivity index (χ0) is 23.0. The van der Waals surface area contributed by atoms with Crippen molar-refractivity contribution in [2.75, 3.05) is 7.11 Å². The largest absolute Gasteiger partial charge is 0.463 e. The molecular formula is C23H20BrN3O5. The first-order valence-electron chi connectivity index (χ1n) is 9.75. The zero-order valence-electron chi connectivity index (χ0n) is 17.6. The third-order valence-corrected chi connectivity index (χ3v) is 5.65. The van der Waals surface area contributed by atoms with Gasteiger partial charge in [-0.15, -0.1) is 0 Å². The second-order valence-corrected chi connectivity index (χ2v) is 8.19. The fourth-order valence-electron chi connectivity index (χ4n) is 3.65. The molecule has 3 heterocycles. The van der Waals surface area contributed by atoms with Gasteiger partial charge in [0.1, 0.15) is 11.5 Å². The molecular weight excluding hydrogens is 478 g/mol. The number of aromatic nitrogens is 1. The summed E-state index contributed by atoms with van der Waals surface area (Å²) in [6, 6.07) is 12.3. The predicted octanol–water partition coefficient (Wildman–Crippen LogP) is 4.33. The molecule has 0 radical (unpaired) electrons. The molecule has 8 nitrogen and oxygen atoms in total. The number of aryl methyl sites for hydroxylation is 1. The van der Waals surface area contributed by atoms with Crippen LogP contribution in [0.5, 0.6) is 0 Å². The van der Waals surface area contributed by atoms with E-state index in [0.29, 0.717) is 5.76 Å². The number of imide groups is 1. The van der Waals surface area contributed by atoms with Gasteiger partial charge in [0.05, 0.1) is 13.7 Å². The van der Waals surface area contributed by atoms with Gasteiger partial charge < -0.3 is 19.0 Å². The summed E-state index contributed by atoms with van der Waals surface area (Å²) in [7, 11) is 1.24. The number of esters is 1. The van der Waals surface area contributed by atoms with E-state index in [0.717, 1.165) is 32.0 Å². The molecule has 0 spiro atoms. The Hall–Kier alpha value is -3.59. The van der Waals surface area contributed by atoms with Gasteiger partial charge in [0.15, 0.2) is 0 Å². The lowest BCUT2D eigenvalue weighted by atomic mass is 10.2. The number of nitrogens with one attached hydrogen (secondary N) is 1. The first kappa shape index (κ1) is 21.6. The van der Waals surface area contributed by atoms with E-state index in [2.05, 4.69) is 30.6 Å². The SMILES string of the molecule is COC(=O)c1ccc(CN2C(=O)N/C(=C\c3cc(C)n(-c4cccc(Br)c4)c3C)C2=O)o1. The summed E-state index contributed by atoms with van der Waals surface area (Å²) in [4.78, 5) is 37.8. The number of carbonyl (C=O) groups excluding carboxylic acids is 3. The summed E-state index contributed by atoms with van der Waals surface area (Å²) in [6.07, 6.45) is 1.67. The van der Waals surface area contributed by atoms with Crippen molar-refractivity contribution >= 4 is 39.9 Å². The topological polar surface area (TPSA) is 93.8 Å². The van der Waals surface area contributed by atoms with Crippen LogP contribution in [-0.4, -0.2) is 34.5 Å². The number of ether oxygens (including phenoxy) is 1. The molecule has 0 bridgehead atoms. The van der Waals surface area contributed by atoms with Crippen molar-refractivity contribution in [2.45, 2.75) is 20.4 Å². The number of furan rings is 1. The maximum atomic E-state index is 12.9. The van der Waals surface area contributed by atoms with Crippen LogP contribution in [0.3, 0.4) is 0 Å². The van der Waals surface area contributed by atoms with Crippen LogP contribution in [0.25, 0.3) is 11.8 Å². The second kappa shape index (κ2) is 8.51. The fourth-order valence-corrected chi connectivity index (χ4v) is 4.03. The van der Waals surface area contributed by atoms with Gasteiger partial charge in [-0.3, -0.25) is 9.69 Å². The van der Waals surface area contributed by atoms with E-state index in [9.17, 15) is 14.4 Å². The number of carbonyl (C=O) groups is 3. The van der Waals surface area contributed by atoms with Crippen molar-refractivity contribution in [3.8, 4) is 5.69 Å². The Balaban J connectivity index is 1.59. The van der Waals surface area contributed by atoms with E-state index in [-0.39, 0.29) is 18.0 Å². The lowest BCUT2D eigenvalue weighted by Crippen LogP contribution is -2.30. The maximum absolute atomic E-state index is 12.9. The number of hydrogen-bond acceptors (Lipinski definition) is 5. The van der Waals surface area contributed by atoms with Gasteiger partial charge in [0, 0.05) is 21.5 Å². The van der Waals surface area contributed by atoms with E-state index < -0.39 is 17.9 Å². The van der Waals surface area contributed by atoms with E-state index in [4.69, 9.17) is 4.42 Å². The molecule has 2 aromatic heterocycles. The number of rotatable bonds is 5. The first-order valence-corrected chi connectivity index (χ1v) is 10.5. The minimum absolute atomic E-state index is 0.00491. The van der Waals surface area contributed by atoms with Crippen LogP contribution >= 0.6 is 15.9 Å². The minimum Gasteiger partial charge on any atom is -0.463 e. The lowest BCUT2D eigenvalue weighted by molar-refractivity contribution is -0.123. The third kappa shape index (κ3) is 3.99. The Kier molecular flexibility index (Phi) is 5.75. The van der Waals surface area contributed by atoms with Crippen molar-refractivity contribution in [1.82, 2.24) is 14.8 Å². The van der Waals surface area contributed by atoms with Crippen LogP contribution in [0.4, 0.5) is 4.79 Å². The third-order valence-electron chi connectivity index (χ3n) is 5.16. The molecule has 164 valence electrons. The molecule has 9 heteroatoms. The smallest absolute Gasteiger partial charge is 0.373 e. The van der Waals surface area contributed by atoms with Crippen LogP contribution in [0.1, 0.15) is 33.3 Å². The normalized spacial score (nSPS) is 14.9. The highest BCUT2D eigenvalue weighted by Gasteiger charge is 2.34. The Bertz CT molecular complexity index is 1270. The number of benzene rings is 1. The van der Waals surface area contributed by atoms with Crippen molar-refractivity contribution < 1.29 is 23.5 Å². The average Bonchev–Trinajstić information content (AvgIpc) is 3.41. The summed E-state index contributed by atoms with van der Waals surface area (Å²) >= 11 is 3.49. The maximum Gasteiger partial charge on any atom is 0.373 e. The summed E-state index contributed by atoms with van der Waals surface area (Å²) in [5, 5.41) is 2.62. The summed E-state index contributed by atoms with van der Waals surface area (Å²) in [5.74, 6) is -0.804. The molecule has 1 saturated heterocycles. The van der Waals surface area contributed by atoms with Crippen molar-refractivity contribution in [3.05, 3.63) is 81.1 Å². The fraction of sp³-hybridized carbons (Fsp3) is 0.174.